The molecular weight excluding hydrogens is 286 g/mol. The highest BCUT2D eigenvalue weighted by molar-refractivity contribution is 7.99. The molecule has 1 aliphatic rings. The molecule has 1 N–H and O–H groups in total. The van der Waals surface area contributed by atoms with E-state index in [0.717, 1.165) is 31.2 Å². The van der Waals surface area contributed by atoms with Crippen LogP contribution >= 0.6 is 11.8 Å². The molecule has 5 nitrogen and oxygen atoms in total. The average molecular weight is 311 g/mol. The van der Waals surface area contributed by atoms with Gasteiger partial charge in [-0.05, 0) is 39.2 Å². The summed E-state index contributed by atoms with van der Waals surface area (Å²) in [6, 6.07) is 0.601. The van der Waals surface area contributed by atoms with Gasteiger partial charge in [-0.25, -0.2) is 4.98 Å². The minimum atomic E-state index is -0.792. The van der Waals surface area contributed by atoms with Crippen molar-refractivity contribution in [1.82, 2.24) is 14.5 Å². The van der Waals surface area contributed by atoms with E-state index in [0.29, 0.717) is 12.0 Å². The Balaban J connectivity index is 2.04. The van der Waals surface area contributed by atoms with E-state index in [1.807, 2.05) is 6.20 Å². The fraction of sp³-hybridized carbons (Fsp3) is 0.733. The number of carboxylic acid groups (broad SMARTS) is 1. The summed E-state index contributed by atoms with van der Waals surface area (Å²) in [6.45, 7) is 9.84. The van der Waals surface area contributed by atoms with Crippen LogP contribution in [-0.2, 0) is 17.8 Å². The number of nitrogens with zero attached hydrogens (tertiary/aromatic N) is 3. The number of aliphatic carboxylic acids is 1. The van der Waals surface area contributed by atoms with Crippen LogP contribution in [0, 0.1) is 5.92 Å². The first-order valence-corrected chi connectivity index (χ1v) is 8.62. The number of likely N-dealkylation sites (tertiary alicyclic amines) is 1. The van der Waals surface area contributed by atoms with E-state index in [-0.39, 0.29) is 5.75 Å². The molecule has 1 saturated heterocycles. The van der Waals surface area contributed by atoms with Crippen molar-refractivity contribution >= 4 is 17.7 Å². The number of rotatable bonds is 7. The lowest BCUT2D eigenvalue weighted by molar-refractivity contribution is -0.133. The molecule has 1 atom stereocenters. The Morgan fingerprint density at radius 3 is 2.90 bits per heavy atom. The van der Waals surface area contributed by atoms with Crippen molar-refractivity contribution in [2.24, 2.45) is 5.92 Å². The lowest BCUT2D eigenvalue weighted by Gasteiger charge is -2.21. The molecule has 0 aliphatic carbocycles. The molecule has 21 heavy (non-hydrogen) atoms. The van der Waals surface area contributed by atoms with Gasteiger partial charge in [-0.15, -0.1) is 0 Å². The van der Waals surface area contributed by atoms with Crippen molar-refractivity contribution in [1.29, 1.82) is 0 Å². The maximum Gasteiger partial charge on any atom is 0.313 e. The van der Waals surface area contributed by atoms with Gasteiger partial charge in [-0.1, -0.05) is 18.7 Å². The number of carbonyl (C=O) groups is 1. The molecular formula is C15H25N3O2S. The van der Waals surface area contributed by atoms with Crippen molar-refractivity contribution in [3.63, 3.8) is 0 Å². The van der Waals surface area contributed by atoms with Gasteiger partial charge in [0.25, 0.3) is 0 Å². The average Bonchev–Trinajstić information content (AvgIpc) is 3.04. The van der Waals surface area contributed by atoms with E-state index in [1.54, 1.807) is 0 Å². The van der Waals surface area contributed by atoms with Crippen molar-refractivity contribution in [3.05, 3.63) is 11.9 Å². The van der Waals surface area contributed by atoms with Crippen LogP contribution in [0.5, 0.6) is 0 Å². The van der Waals surface area contributed by atoms with Gasteiger partial charge in [0.05, 0.1) is 5.75 Å². The van der Waals surface area contributed by atoms with Crippen LogP contribution in [0.15, 0.2) is 11.4 Å². The summed E-state index contributed by atoms with van der Waals surface area (Å²) in [7, 11) is 0. The third-order valence-corrected chi connectivity index (χ3v) is 5.05. The summed E-state index contributed by atoms with van der Waals surface area (Å²) < 4.78 is 2.22. The molecule has 6 heteroatoms. The zero-order chi connectivity index (χ0) is 15.4. The first-order valence-electron chi connectivity index (χ1n) is 7.64. The smallest absolute Gasteiger partial charge is 0.313 e. The van der Waals surface area contributed by atoms with Gasteiger partial charge in [0, 0.05) is 31.0 Å². The van der Waals surface area contributed by atoms with E-state index in [9.17, 15) is 4.79 Å². The fourth-order valence-corrected chi connectivity index (χ4v) is 3.58. The van der Waals surface area contributed by atoms with Crippen LogP contribution in [0.25, 0.3) is 0 Å². The summed E-state index contributed by atoms with van der Waals surface area (Å²) in [4.78, 5) is 17.7. The van der Waals surface area contributed by atoms with Crippen molar-refractivity contribution in [3.8, 4) is 0 Å². The number of imidazole rings is 1. The molecule has 0 radical (unpaired) electrons. The number of carboxylic acids is 1. The molecule has 2 heterocycles. The summed E-state index contributed by atoms with van der Waals surface area (Å²) in [5.74, 6) is -0.0845. The summed E-state index contributed by atoms with van der Waals surface area (Å²) in [5.41, 5.74) is 1.20. The topological polar surface area (TPSA) is 58.4 Å². The maximum absolute atomic E-state index is 10.8. The second-order valence-electron chi connectivity index (χ2n) is 5.92. The molecule has 0 spiro atoms. The fourth-order valence-electron chi connectivity index (χ4n) is 2.85. The molecule has 1 fully saturated rings. The number of hydrogen-bond donors (Lipinski definition) is 1. The van der Waals surface area contributed by atoms with Crippen LogP contribution in [0.2, 0.25) is 0 Å². The Bertz CT molecular complexity index is 487. The molecule has 0 bridgehead atoms. The minimum absolute atomic E-state index is 0.0724. The van der Waals surface area contributed by atoms with Gasteiger partial charge in [-0.3, -0.25) is 4.79 Å². The Hall–Kier alpha value is -1.01. The highest BCUT2D eigenvalue weighted by Gasteiger charge is 2.25. The van der Waals surface area contributed by atoms with E-state index in [2.05, 4.69) is 35.2 Å². The molecule has 0 amide bonds. The van der Waals surface area contributed by atoms with Gasteiger partial charge in [0.15, 0.2) is 5.16 Å². The number of thioether (sulfide) groups is 1. The Morgan fingerprint density at radius 2 is 2.33 bits per heavy atom. The van der Waals surface area contributed by atoms with E-state index in [1.165, 1.54) is 23.9 Å². The zero-order valence-electron chi connectivity index (χ0n) is 13.1. The quantitative estimate of drug-likeness (QED) is 0.783. The highest BCUT2D eigenvalue weighted by atomic mass is 32.2. The van der Waals surface area contributed by atoms with Crippen molar-refractivity contribution in [2.75, 3.05) is 18.8 Å². The highest BCUT2D eigenvalue weighted by Crippen LogP contribution is 2.25. The Morgan fingerprint density at radius 1 is 1.57 bits per heavy atom. The maximum atomic E-state index is 10.8. The molecule has 1 aromatic heterocycles. The summed E-state index contributed by atoms with van der Waals surface area (Å²) >= 11 is 1.32. The predicted molar refractivity (Wildman–Crippen MR) is 84.8 cm³/mol. The summed E-state index contributed by atoms with van der Waals surface area (Å²) in [6.07, 6.45) is 4.03. The van der Waals surface area contributed by atoms with Gasteiger partial charge >= 0.3 is 5.97 Å². The standard InChI is InChI=1S/C15H25N3O2S/c1-4-13-7-16-15(21-10-14(19)20)18(13)9-12-5-6-17(8-12)11(2)3/h7,11-12H,4-6,8-10H2,1-3H3,(H,19,20). The van der Waals surface area contributed by atoms with Gasteiger partial charge < -0.3 is 14.6 Å². The van der Waals surface area contributed by atoms with Crippen molar-refractivity contribution in [2.45, 2.75) is 51.4 Å². The van der Waals surface area contributed by atoms with Crippen LogP contribution in [0.1, 0.15) is 32.9 Å². The lowest BCUT2D eigenvalue weighted by Crippen LogP contribution is -2.29. The first kappa shape index (κ1) is 16.4. The zero-order valence-corrected chi connectivity index (χ0v) is 13.9. The first-order chi connectivity index (χ1) is 10.0. The van der Waals surface area contributed by atoms with Gasteiger partial charge in [-0.2, -0.15) is 0 Å². The normalized spacial score (nSPS) is 19.5. The SMILES string of the molecule is CCc1cnc(SCC(=O)O)n1CC1CCN(C(C)C)C1. The third-order valence-electron chi connectivity index (χ3n) is 4.08. The summed E-state index contributed by atoms with van der Waals surface area (Å²) in [5, 5.41) is 9.69. The molecule has 118 valence electrons. The molecule has 2 rings (SSSR count). The molecule has 1 unspecified atom stereocenters. The van der Waals surface area contributed by atoms with E-state index < -0.39 is 5.97 Å². The monoisotopic (exact) mass is 311 g/mol. The van der Waals surface area contributed by atoms with Gasteiger partial charge in [0.2, 0.25) is 0 Å². The molecule has 0 saturated carbocycles. The second-order valence-corrected chi connectivity index (χ2v) is 6.86. The number of hydrogen-bond acceptors (Lipinski definition) is 4. The number of aromatic nitrogens is 2. The van der Waals surface area contributed by atoms with E-state index >= 15 is 0 Å². The van der Waals surface area contributed by atoms with Crippen LogP contribution in [0.3, 0.4) is 0 Å². The lowest BCUT2D eigenvalue weighted by atomic mass is 10.1. The molecule has 1 aromatic rings. The van der Waals surface area contributed by atoms with Crippen LogP contribution in [-0.4, -0.2) is 50.4 Å². The van der Waals surface area contributed by atoms with Crippen LogP contribution < -0.4 is 0 Å². The molecule has 1 aliphatic heterocycles. The molecule has 0 aromatic carbocycles. The van der Waals surface area contributed by atoms with Crippen molar-refractivity contribution < 1.29 is 9.90 Å². The minimum Gasteiger partial charge on any atom is -0.481 e. The van der Waals surface area contributed by atoms with Crippen LogP contribution in [0.4, 0.5) is 0 Å². The van der Waals surface area contributed by atoms with Gasteiger partial charge in [0.1, 0.15) is 0 Å². The third kappa shape index (κ3) is 4.23. The number of aryl methyl sites for hydroxylation is 1. The Kier molecular flexibility index (Phi) is 5.70. The largest absolute Gasteiger partial charge is 0.481 e. The second kappa shape index (κ2) is 7.31. The predicted octanol–water partition coefficient (Wildman–Crippen LogP) is 2.35. The van der Waals surface area contributed by atoms with E-state index in [4.69, 9.17) is 5.11 Å². The Labute approximate surface area is 130 Å².